The number of benzene rings is 2. The number of rotatable bonds is 4. The number of nitrogens with zero attached hydrogens (tertiary/aromatic N) is 3. The lowest BCUT2D eigenvalue weighted by atomic mass is 9.92. The van der Waals surface area contributed by atoms with E-state index in [-0.39, 0.29) is 17.9 Å². The molecule has 1 aromatic heterocycles. The van der Waals surface area contributed by atoms with Crippen LogP contribution in [0, 0.1) is 11.3 Å². The Morgan fingerprint density at radius 1 is 1.18 bits per heavy atom. The van der Waals surface area contributed by atoms with Gasteiger partial charge in [-0.25, -0.2) is 4.98 Å². The van der Waals surface area contributed by atoms with Crippen LogP contribution in [0.2, 0.25) is 0 Å². The molecule has 28 heavy (non-hydrogen) atoms. The quantitative estimate of drug-likeness (QED) is 0.722. The average Bonchev–Trinajstić information content (AvgIpc) is 2.98. The number of aromatic nitrogens is 2. The third-order valence-corrected chi connectivity index (χ3v) is 4.61. The smallest absolute Gasteiger partial charge is 0.229 e. The normalized spacial score (nSPS) is 13.7. The lowest BCUT2D eigenvalue weighted by Gasteiger charge is -2.26. The van der Waals surface area contributed by atoms with Crippen LogP contribution in [0.3, 0.4) is 0 Å². The van der Waals surface area contributed by atoms with Gasteiger partial charge in [0.05, 0.1) is 34.7 Å². The topological polar surface area (TPSA) is 90.9 Å². The van der Waals surface area contributed by atoms with Gasteiger partial charge in [0, 0.05) is 5.54 Å². The first-order valence-electron chi connectivity index (χ1n) is 9.13. The van der Waals surface area contributed by atoms with E-state index in [0.29, 0.717) is 22.6 Å². The van der Waals surface area contributed by atoms with Gasteiger partial charge in [-0.05, 0) is 51.5 Å². The predicted octanol–water partition coefficient (Wildman–Crippen LogP) is 3.90. The molecule has 0 aliphatic rings. The molecule has 0 spiro atoms. The summed E-state index contributed by atoms with van der Waals surface area (Å²) in [6.45, 7) is 7.63. The molecule has 1 unspecified atom stereocenters. The fraction of sp³-hybridized carbons (Fsp3) is 0.318. The van der Waals surface area contributed by atoms with Gasteiger partial charge < -0.3 is 9.67 Å². The molecule has 6 heteroatoms. The van der Waals surface area contributed by atoms with Crippen molar-refractivity contribution >= 4 is 22.9 Å². The van der Waals surface area contributed by atoms with E-state index in [1.165, 1.54) is 0 Å². The number of nitrogens with one attached hydrogen (secondary N) is 1. The van der Waals surface area contributed by atoms with Gasteiger partial charge in [-0.3, -0.25) is 10.1 Å². The maximum Gasteiger partial charge on any atom is 0.229 e. The Hall–Kier alpha value is -3.17. The van der Waals surface area contributed by atoms with Crippen LogP contribution in [0.4, 0.5) is 5.95 Å². The van der Waals surface area contributed by atoms with E-state index in [1.807, 2.05) is 43.5 Å². The number of aliphatic hydroxyl groups is 1. The molecule has 144 valence electrons. The van der Waals surface area contributed by atoms with Crippen LogP contribution >= 0.6 is 0 Å². The van der Waals surface area contributed by atoms with Crippen LogP contribution in [0.1, 0.15) is 45.2 Å². The van der Waals surface area contributed by atoms with Gasteiger partial charge in [0.1, 0.15) is 0 Å². The molecule has 0 radical (unpaired) electrons. The third-order valence-electron chi connectivity index (χ3n) is 4.61. The van der Waals surface area contributed by atoms with Gasteiger partial charge in [0.15, 0.2) is 0 Å². The summed E-state index contributed by atoms with van der Waals surface area (Å²) < 4.78 is 1.90. The fourth-order valence-corrected chi connectivity index (χ4v) is 3.29. The highest BCUT2D eigenvalue weighted by atomic mass is 16.3. The summed E-state index contributed by atoms with van der Waals surface area (Å²) in [4.78, 5) is 17.2. The Kier molecular flexibility index (Phi) is 4.97. The molecule has 0 saturated heterocycles. The lowest BCUT2D eigenvalue weighted by molar-refractivity contribution is -0.120. The number of carbonyl (C=O) groups is 1. The van der Waals surface area contributed by atoms with E-state index >= 15 is 0 Å². The van der Waals surface area contributed by atoms with Gasteiger partial charge in [0.2, 0.25) is 11.9 Å². The number of imidazole rings is 1. The second kappa shape index (κ2) is 7.10. The van der Waals surface area contributed by atoms with Crippen LogP contribution in [0.5, 0.6) is 0 Å². The number of nitriles is 1. The number of carbonyl (C=O) groups excluding carboxylic acids is 1. The fourth-order valence-electron chi connectivity index (χ4n) is 3.29. The molecule has 0 aliphatic heterocycles. The summed E-state index contributed by atoms with van der Waals surface area (Å²) in [6.07, 6.45) is -0.103. The van der Waals surface area contributed by atoms with Gasteiger partial charge in [0.25, 0.3) is 0 Å². The van der Waals surface area contributed by atoms with Crippen LogP contribution in [-0.4, -0.2) is 20.6 Å². The summed E-state index contributed by atoms with van der Waals surface area (Å²) in [5, 5.41) is 22.8. The average molecular weight is 376 g/mol. The molecule has 2 N–H and O–H groups in total. The highest BCUT2D eigenvalue weighted by Crippen LogP contribution is 2.30. The van der Waals surface area contributed by atoms with Crippen molar-refractivity contribution in [3.63, 3.8) is 0 Å². The van der Waals surface area contributed by atoms with Gasteiger partial charge in [-0.2, -0.15) is 5.26 Å². The minimum absolute atomic E-state index is 0.103. The molecule has 3 rings (SSSR count). The van der Waals surface area contributed by atoms with Crippen molar-refractivity contribution in [2.45, 2.75) is 45.3 Å². The molecular formula is C22H24N4O2. The molecule has 0 aliphatic carbocycles. The minimum atomic E-state index is -1.29. The van der Waals surface area contributed by atoms with Gasteiger partial charge in [-0.1, -0.05) is 30.3 Å². The summed E-state index contributed by atoms with van der Waals surface area (Å²) in [5.41, 5.74) is 1.01. The van der Waals surface area contributed by atoms with E-state index in [4.69, 9.17) is 0 Å². The molecule has 6 nitrogen and oxygen atoms in total. The Morgan fingerprint density at radius 3 is 2.46 bits per heavy atom. The maximum atomic E-state index is 12.7. The highest BCUT2D eigenvalue weighted by molar-refractivity contribution is 5.92. The summed E-state index contributed by atoms with van der Waals surface area (Å²) >= 11 is 0. The van der Waals surface area contributed by atoms with Crippen molar-refractivity contribution in [3.05, 3.63) is 59.7 Å². The van der Waals surface area contributed by atoms with E-state index in [2.05, 4.69) is 16.4 Å². The number of fused-ring (bicyclic) bond motifs is 1. The van der Waals surface area contributed by atoms with E-state index in [0.717, 1.165) is 5.52 Å². The summed E-state index contributed by atoms with van der Waals surface area (Å²) in [7, 11) is 0. The zero-order chi connectivity index (χ0) is 20.5. The molecule has 3 aromatic rings. The monoisotopic (exact) mass is 376 g/mol. The molecule has 0 fully saturated rings. The first-order chi connectivity index (χ1) is 13.1. The van der Waals surface area contributed by atoms with Crippen LogP contribution < -0.4 is 5.32 Å². The minimum Gasteiger partial charge on any atom is -0.385 e. The van der Waals surface area contributed by atoms with Crippen molar-refractivity contribution in [3.8, 4) is 6.07 Å². The number of amides is 1. The maximum absolute atomic E-state index is 12.7. The van der Waals surface area contributed by atoms with E-state index < -0.39 is 5.60 Å². The van der Waals surface area contributed by atoms with E-state index in [9.17, 15) is 15.2 Å². The highest BCUT2D eigenvalue weighted by Gasteiger charge is 2.28. The summed E-state index contributed by atoms with van der Waals surface area (Å²) in [5.74, 6) is 0.0571. The van der Waals surface area contributed by atoms with Crippen molar-refractivity contribution in [1.29, 1.82) is 5.26 Å². The molecule has 2 aromatic carbocycles. The largest absolute Gasteiger partial charge is 0.385 e. The Morgan fingerprint density at radius 2 is 1.86 bits per heavy atom. The molecule has 1 amide bonds. The first kappa shape index (κ1) is 19.6. The number of anilines is 1. The second-order valence-corrected chi connectivity index (χ2v) is 8.12. The zero-order valence-electron chi connectivity index (χ0n) is 16.5. The predicted molar refractivity (Wildman–Crippen MR) is 109 cm³/mol. The molecule has 1 heterocycles. The molecular weight excluding hydrogens is 352 g/mol. The molecule has 0 bridgehead atoms. The Balaban J connectivity index is 1.94. The van der Waals surface area contributed by atoms with Crippen molar-refractivity contribution in [2.24, 2.45) is 0 Å². The second-order valence-electron chi connectivity index (χ2n) is 8.12. The lowest BCUT2D eigenvalue weighted by Crippen LogP contribution is -2.31. The number of hydrogen-bond acceptors (Lipinski definition) is 4. The molecule has 1 atom stereocenters. The molecule has 0 saturated carbocycles. The Bertz CT molecular complexity index is 1050. The van der Waals surface area contributed by atoms with E-state index in [1.54, 1.807) is 37.3 Å². The first-order valence-corrected chi connectivity index (χ1v) is 9.13. The van der Waals surface area contributed by atoms with Crippen LogP contribution in [0.25, 0.3) is 11.0 Å². The van der Waals surface area contributed by atoms with Crippen molar-refractivity contribution in [2.75, 3.05) is 5.32 Å². The number of hydrogen-bond donors (Lipinski definition) is 2. The van der Waals surface area contributed by atoms with Crippen molar-refractivity contribution < 1.29 is 9.90 Å². The standard InChI is InChI=1S/C22H24N4O2/c1-21(2,3)26-18-12-15(14-23)10-11-17(18)24-20(26)25-19(27)13-22(4,28)16-8-6-5-7-9-16/h5-12,28H,13H2,1-4H3,(H,24,25,27). The zero-order valence-corrected chi connectivity index (χ0v) is 16.5. The third kappa shape index (κ3) is 3.90. The SMILES string of the molecule is CC(O)(CC(=O)Nc1nc2ccc(C#N)cc2n1C(C)(C)C)c1ccccc1. The van der Waals surface area contributed by atoms with Gasteiger partial charge >= 0.3 is 0 Å². The summed E-state index contributed by atoms with van der Waals surface area (Å²) in [6, 6.07) is 16.5. The van der Waals surface area contributed by atoms with Crippen LogP contribution in [-0.2, 0) is 15.9 Å². The van der Waals surface area contributed by atoms with Gasteiger partial charge in [-0.15, -0.1) is 0 Å². The Labute approximate surface area is 164 Å². The van der Waals surface area contributed by atoms with Crippen LogP contribution in [0.15, 0.2) is 48.5 Å². The van der Waals surface area contributed by atoms with Crippen molar-refractivity contribution in [1.82, 2.24) is 9.55 Å².